The molecule has 0 aromatic heterocycles. The van der Waals surface area contributed by atoms with Gasteiger partial charge in [0, 0.05) is 5.33 Å². The number of rotatable bonds is 7. The Morgan fingerprint density at radius 2 is 1.95 bits per heavy atom. The molecule has 0 aliphatic carbocycles. The normalized spacial score (nSPS) is 11.6. The number of hydrogen-bond donors (Lipinski definition) is 0. The van der Waals surface area contributed by atoms with Gasteiger partial charge in [0.15, 0.2) is 21.3 Å². The largest absolute Gasteiger partial charge is 0.493 e. The van der Waals surface area contributed by atoms with E-state index in [4.69, 9.17) is 9.47 Å². The lowest BCUT2D eigenvalue weighted by Crippen LogP contribution is -2.22. The molecular formula is C13H19BrO4S. The monoisotopic (exact) mass is 350 g/mol. The van der Waals surface area contributed by atoms with Gasteiger partial charge in [-0.15, -0.1) is 0 Å². The van der Waals surface area contributed by atoms with Crippen molar-refractivity contribution in [1.29, 1.82) is 0 Å². The molecule has 0 unspecified atom stereocenters. The van der Waals surface area contributed by atoms with Gasteiger partial charge in [0.1, 0.15) is 6.61 Å². The smallest absolute Gasteiger partial charge is 0.161 e. The first-order chi connectivity index (χ1) is 8.90. The van der Waals surface area contributed by atoms with Crippen molar-refractivity contribution < 1.29 is 17.9 Å². The van der Waals surface area contributed by atoms with E-state index < -0.39 is 9.84 Å². The van der Waals surface area contributed by atoms with E-state index in [1.165, 1.54) is 0 Å². The molecule has 0 radical (unpaired) electrons. The number of halogens is 1. The maximum atomic E-state index is 11.7. The summed E-state index contributed by atoms with van der Waals surface area (Å²) in [5.74, 6) is 1.18. The molecule has 0 fully saturated rings. The number of alkyl halides is 1. The van der Waals surface area contributed by atoms with Crippen LogP contribution in [0, 0.1) is 0 Å². The summed E-state index contributed by atoms with van der Waals surface area (Å²) in [5, 5.41) is 0.347. The molecule has 0 aliphatic heterocycles. The summed E-state index contributed by atoms with van der Waals surface area (Å²) in [6.07, 6.45) is 0. The minimum absolute atomic E-state index is 0.00795. The van der Waals surface area contributed by atoms with Gasteiger partial charge in [-0.1, -0.05) is 22.0 Å². The second-order valence-electron chi connectivity index (χ2n) is 4.38. The molecule has 0 saturated carbocycles. The van der Waals surface area contributed by atoms with Gasteiger partial charge in [0.2, 0.25) is 0 Å². The van der Waals surface area contributed by atoms with Gasteiger partial charge in [0.05, 0.1) is 18.1 Å². The van der Waals surface area contributed by atoms with Crippen LogP contribution in [0.5, 0.6) is 11.5 Å². The van der Waals surface area contributed by atoms with Gasteiger partial charge in [-0.25, -0.2) is 8.42 Å². The Hall–Kier alpha value is -0.750. The predicted molar refractivity (Wildman–Crippen MR) is 80.0 cm³/mol. The molecule has 1 aromatic rings. The minimum Gasteiger partial charge on any atom is -0.493 e. The molecule has 0 heterocycles. The second kappa shape index (κ2) is 7.14. The fourth-order valence-electron chi connectivity index (χ4n) is 1.42. The Kier molecular flexibility index (Phi) is 6.13. The van der Waals surface area contributed by atoms with Gasteiger partial charge in [-0.2, -0.15) is 0 Å². The van der Waals surface area contributed by atoms with Crippen LogP contribution in [0.1, 0.15) is 19.4 Å². The molecule has 6 heteroatoms. The van der Waals surface area contributed by atoms with Crippen molar-refractivity contribution in [2.24, 2.45) is 0 Å². The van der Waals surface area contributed by atoms with E-state index in [0.717, 1.165) is 10.9 Å². The fourth-order valence-corrected chi connectivity index (χ4v) is 2.55. The zero-order valence-corrected chi connectivity index (χ0v) is 13.8. The van der Waals surface area contributed by atoms with Crippen LogP contribution in [-0.2, 0) is 15.2 Å². The van der Waals surface area contributed by atoms with Crippen LogP contribution in [0.3, 0.4) is 0 Å². The van der Waals surface area contributed by atoms with E-state index in [-0.39, 0.29) is 17.6 Å². The summed E-state index contributed by atoms with van der Waals surface area (Å²) in [5.41, 5.74) is 1.07. The number of ether oxygens (including phenoxy) is 2. The highest BCUT2D eigenvalue weighted by atomic mass is 79.9. The van der Waals surface area contributed by atoms with Crippen LogP contribution in [0.2, 0.25) is 0 Å². The summed E-state index contributed by atoms with van der Waals surface area (Å²) < 4.78 is 34.0. The van der Waals surface area contributed by atoms with Crippen LogP contribution in [0.15, 0.2) is 18.2 Å². The standard InChI is InChI=1S/C13H19BrO4S/c1-10(2)19(15,16)7-6-18-12-5-4-11(9-14)8-13(12)17-3/h4-5,8,10H,6-7,9H2,1-3H3. The molecular weight excluding hydrogens is 332 g/mol. The van der Waals surface area contributed by atoms with Crippen molar-refractivity contribution in [1.82, 2.24) is 0 Å². The van der Waals surface area contributed by atoms with Crippen molar-refractivity contribution in [3.8, 4) is 11.5 Å². The third kappa shape index (κ3) is 4.69. The molecule has 19 heavy (non-hydrogen) atoms. The molecule has 0 amide bonds. The fraction of sp³-hybridized carbons (Fsp3) is 0.538. The van der Waals surface area contributed by atoms with E-state index in [9.17, 15) is 8.42 Å². The van der Waals surface area contributed by atoms with Gasteiger partial charge < -0.3 is 9.47 Å². The SMILES string of the molecule is COc1cc(CBr)ccc1OCCS(=O)(=O)C(C)C. The zero-order chi connectivity index (χ0) is 14.5. The molecule has 1 rings (SSSR count). The van der Waals surface area contributed by atoms with Gasteiger partial charge in [-0.3, -0.25) is 0 Å². The van der Waals surface area contributed by atoms with E-state index in [1.54, 1.807) is 27.0 Å². The Balaban J connectivity index is 2.68. The third-order valence-corrected chi connectivity index (χ3v) is 5.55. The Morgan fingerprint density at radius 1 is 1.26 bits per heavy atom. The maximum absolute atomic E-state index is 11.7. The van der Waals surface area contributed by atoms with Crippen LogP contribution in [-0.4, -0.2) is 33.1 Å². The zero-order valence-electron chi connectivity index (χ0n) is 11.3. The Bertz CT molecular complexity index is 511. The van der Waals surface area contributed by atoms with E-state index in [1.807, 2.05) is 12.1 Å². The van der Waals surface area contributed by atoms with Gasteiger partial charge in [-0.05, 0) is 31.5 Å². The summed E-state index contributed by atoms with van der Waals surface area (Å²) in [6, 6.07) is 5.56. The van der Waals surface area contributed by atoms with Crippen molar-refractivity contribution >= 4 is 25.8 Å². The Labute approximate surface area is 123 Å². The van der Waals surface area contributed by atoms with E-state index in [0.29, 0.717) is 11.5 Å². The molecule has 0 spiro atoms. The molecule has 0 aliphatic rings. The van der Waals surface area contributed by atoms with Crippen LogP contribution >= 0.6 is 15.9 Å². The second-order valence-corrected chi connectivity index (χ2v) is 7.62. The first kappa shape index (κ1) is 16.3. The highest BCUT2D eigenvalue weighted by Crippen LogP contribution is 2.28. The van der Waals surface area contributed by atoms with Crippen molar-refractivity contribution in [3.05, 3.63) is 23.8 Å². The van der Waals surface area contributed by atoms with Crippen LogP contribution < -0.4 is 9.47 Å². The molecule has 0 atom stereocenters. The van der Waals surface area contributed by atoms with Gasteiger partial charge >= 0.3 is 0 Å². The highest BCUT2D eigenvalue weighted by molar-refractivity contribution is 9.08. The first-order valence-corrected chi connectivity index (χ1v) is 8.81. The molecule has 0 bridgehead atoms. The van der Waals surface area contributed by atoms with E-state index >= 15 is 0 Å². The first-order valence-electron chi connectivity index (χ1n) is 5.98. The molecule has 0 N–H and O–H groups in total. The number of methoxy groups -OCH3 is 1. The minimum atomic E-state index is -3.07. The lowest BCUT2D eigenvalue weighted by molar-refractivity contribution is 0.311. The molecule has 1 aromatic carbocycles. The number of sulfone groups is 1. The molecule has 4 nitrogen and oxygen atoms in total. The summed E-state index contributed by atoms with van der Waals surface area (Å²) >= 11 is 3.36. The average molecular weight is 351 g/mol. The predicted octanol–water partition coefficient (Wildman–Crippen LogP) is 2.79. The van der Waals surface area contributed by atoms with Crippen LogP contribution in [0.25, 0.3) is 0 Å². The summed E-state index contributed by atoms with van der Waals surface area (Å²) in [7, 11) is -1.51. The number of hydrogen-bond acceptors (Lipinski definition) is 4. The lowest BCUT2D eigenvalue weighted by atomic mass is 10.2. The van der Waals surface area contributed by atoms with Crippen molar-refractivity contribution in [2.75, 3.05) is 19.5 Å². The van der Waals surface area contributed by atoms with E-state index in [2.05, 4.69) is 15.9 Å². The molecule has 0 saturated heterocycles. The summed E-state index contributed by atoms with van der Waals surface area (Å²) in [4.78, 5) is 0. The van der Waals surface area contributed by atoms with Crippen molar-refractivity contribution in [2.45, 2.75) is 24.4 Å². The number of benzene rings is 1. The van der Waals surface area contributed by atoms with Crippen LogP contribution in [0.4, 0.5) is 0 Å². The molecule has 108 valence electrons. The summed E-state index contributed by atoms with van der Waals surface area (Å²) in [6.45, 7) is 3.46. The Morgan fingerprint density at radius 3 is 2.47 bits per heavy atom. The van der Waals surface area contributed by atoms with Gasteiger partial charge in [0.25, 0.3) is 0 Å². The topological polar surface area (TPSA) is 52.6 Å². The van der Waals surface area contributed by atoms with Crippen molar-refractivity contribution in [3.63, 3.8) is 0 Å². The lowest BCUT2D eigenvalue weighted by Gasteiger charge is -2.12. The maximum Gasteiger partial charge on any atom is 0.161 e. The average Bonchev–Trinajstić information content (AvgIpc) is 2.38. The highest BCUT2D eigenvalue weighted by Gasteiger charge is 2.16. The quantitative estimate of drug-likeness (QED) is 0.709. The third-order valence-electron chi connectivity index (χ3n) is 2.73.